The van der Waals surface area contributed by atoms with Crippen LogP contribution < -0.4 is 15.0 Å². The van der Waals surface area contributed by atoms with Gasteiger partial charge in [-0.1, -0.05) is 18.2 Å². The first kappa shape index (κ1) is 22.6. The maximum Gasteiger partial charge on any atom is 0.321 e. The van der Waals surface area contributed by atoms with Gasteiger partial charge in [0.05, 0.1) is 13.7 Å². The molecule has 2 aromatic carbocycles. The molecule has 2 aliphatic heterocycles. The predicted molar refractivity (Wildman–Crippen MR) is 122 cm³/mol. The van der Waals surface area contributed by atoms with Crippen LogP contribution in [0.2, 0.25) is 0 Å². The summed E-state index contributed by atoms with van der Waals surface area (Å²) < 4.78 is 23.9. The minimum atomic E-state index is -1.11. The van der Waals surface area contributed by atoms with Crippen LogP contribution in [0.25, 0.3) is 0 Å². The van der Waals surface area contributed by atoms with Crippen molar-refractivity contribution in [2.24, 2.45) is 10.9 Å². The molecule has 0 aliphatic carbocycles. The number of carbonyl (C=O) groups excluding carboxylic acids is 2. The number of nitrogens with one attached hydrogen (secondary N) is 1. The van der Waals surface area contributed by atoms with E-state index in [1.54, 1.807) is 32.2 Å². The van der Waals surface area contributed by atoms with Crippen LogP contribution in [-0.2, 0) is 14.3 Å². The maximum absolute atomic E-state index is 13.2. The summed E-state index contributed by atoms with van der Waals surface area (Å²) >= 11 is 0. The zero-order chi connectivity index (χ0) is 23.4. The minimum Gasteiger partial charge on any atom is -0.496 e. The Hall–Kier alpha value is -3.62. The van der Waals surface area contributed by atoms with Gasteiger partial charge in [-0.3, -0.25) is 14.9 Å². The average Bonchev–Trinajstić information content (AvgIpc) is 2.84. The van der Waals surface area contributed by atoms with Crippen LogP contribution >= 0.6 is 0 Å². The van der Waals surface area contributed by atoms with Crippen molar-refractivity contribution in [1.82, 2.24) is 10.2 Å². The highest BCUT2D eigenvalue weighted by atomic mass is 19.1. The number of benzene rings is 2. The van der Waals surface area contributed by atoms with Crippen molar-refractivity contribution in [3.05, 3.63) is 59.9 Å². The Bertz CT molecular complexity index is 1040. The van der Waals surface area contributed by atoms with Crippen LogP contribution in [-0.4, -0.2) is 62.6 Å². The van der Waals surface area contributed by atoms with Gasteiger partial charge in [-0.2, -0.15) is 0 Å². The van der Waals surface area contributed by atoms with Crippen LogP contribution in [0.1, 0.15) is 18.5 Å². The third-order valence-electron chi connectivity index (χ3n) is 5.86. The van der Waals surface area contributed by atoms with Crippen molar-refractivity contribution < 1.29 is 23.5 Å². The molecule has 0 saturated carbocycles. The zero-order valence-corrected chi connectivity index (χ0v) is 18.7. The summed E-state index contributed by atoms with van der Waals surface area (Å²) in [4.78, 5) is 34.6. The number of aliphatic imine (C=N–C) groups is 1. The lowest BCUT2D eigenvalue weighted by atomic mass is 9.90. The predicted octanol–water partition coefficient (Wildman–Crippen LogP) is 2.36. The van der Waals surface area contributed by atoms with E-state index in [1.165, 1.54) is 12.1 Å². The number of carbonyl (C=O) groups is 2. The van der Waals surface area contributed by atoms with Gasteiger partial charge in [0.25, 0.3) is 0 Å². The molecule has 1 saturated heterocycles. The number of rotatable bonds is 5. The molecule has 1 N–H and O–H groups in total. The van der Waals surface area contributed by atoms with Crippen LogP contribution in [0.4, 0.5) is 10.1 Å². The average molecular weight is 455 g/mol. The number of para-hydroxylation sites is 1. The number of guanidine groups is 1. The molecule has 174 valence electrons. The van der Waals surface area contributed by atoms with Gasteiger partial charge in [-0.15, -0.1) is 0 Å². The number of methoxy groups -OCH3 is 1. The first-order valence-electron chi connectivity index (χ1n) is 11.0. The molecule has 9 heteroatoms. The van der Waals surface area contributed by atoms with Gasteiger partial charge in [0.2, 0.25) is 11.9 Å². The number of esters is 1. The lowest BCUT2D eigenvalue weighted by Crippen LogP contribution is -2.57. The Kier molecular flexibility index (Phi) is 6.76. The Labute approximate surface area is 192 Å². The molecule has 2 atom stereocenters. The van der Waals surface area contributed by atoms with Gasteiger partial charge in [0.15, 0.2) is 5.92 Å². The Morgan fingerprint density at radius 3 is 2.42 bits per heavy atom. The summed E-state index contributed by atoms with van der Waals surface area (Å²) in [5, 5.41) is 2.80. The number of amides is 1. The summed E-state index contributed by atoms with van der Waals surface area (Å²) in [6.07, 6.45) is 0. The third kappa shape index (κ3) is 4.76. The summed E-state index contributed by atoms with van der Waals surface area (Å²) in [5.74, 6) is -1.46. The number of piperazine rings is 1. The number of halogens is 1. The molecule has 0 aromatic heterocycles. The van der Waals surface area contributed by atoms with Crippen molar-refractivity contribution in [1.29, 1.82) is 0 Å². The molecule has 0 radical (unpaired) electrons. The first-order valence-corrected chi connectivity index (χ1v) is 11.0. The van der Waals surface area contributed by atoms with Crippen molar-refractivity contribution in [2.75, 3.05) is 44.8 Å². The molecule has 0 spiro atoms. The second kappa shape index (κ2) is 9.89. The molecule has 1 amide bonds. The van der Waals surface area contributed by atoms with E-state index >= 15 is 0 Å². The lowest BCUT2D eigenvalue weighted by molar-refractivity contribution is -0.153. The van der Waals surface area contributed by atoms with Gasteiger partial charge in [-0.05, 0) is 37.3 Å². The fourth-order valence-corrected chi connectivity index (χ4v) is 4.19. The smallest absolute Gasteiger partial charge is 0.321 e. The van der Waals surface area contributed by atoms with Gasteiger partial charge < -0.3 is 19.3 Å². The molecule has 2 heterocycles. The van der Waals surface area contributed by atoms with Crippen LogP contribution in [0.5, 0.6) is 5.75 Å². The first-order chi connectivity index (χ1) is 16.0. The van der Waals surface area contributed by atoms with E-state index in [-0.39, 0.29) is 12.4 Å². The molecule has 2 aromatic rings. The fourth-order valence-electron chi connectivity index (χ4n) is 4.19. The normalized spacial score (nSPS) is 20.7. The van der Waals surface area contributed by atoms with Crippen molar-refractivity contribution >= 4 is 23.5 Å². The molecular weight excluding hydrogens is 427 g/mol. The van der Waals surface area contributed by atoms with Gasteiger partial charge in [0.1, 0.15) is 17.6 Å². The summed E-state index contributed by atoms with van der Waals surface area (Å²) in [5.41, 5.74) is 1.59. The number of hydrogen-bond donors (Lipinski definition) is 1. The molecular formula is C24H27FN4O4. The van der Waals surface area contributed by atoms with Gasteiger partial charge in [0, 0.05) is 37.4 Å². The van der Waals surface area contributed by atoms with E-state index in [2.05, 4.69) is 10.2 Å². The van der Waals surface area contributed by atoms with E-state index in [1.807, 2.05) is 23.1 Å². The minimum absolute atomic E-state index is 0.170. The van der Waals surface area contributed by atoms with Gasteiger partial charge in [-0.25, -0.2) is 9.38 Å². The Morgan fingerprint density at radius 2 is 1.76 bits per heavy atom. The maximum atomic E-state index is 13.2. The fraction of sp³-hybridized carbons (Fsp3) is 0.375. The monoisotopic (exact) mass is 454 g/mol. The van der Waals surface area contributed by atoms with E-state index in [4.69, 9.17) is 14.5 Å². The third-order valence-corrected chi connectivity index (χ3v) is 5.86. The molecule has 4 rings (SSSR count). The van der Waals surface area contributed by atoms with Gasteiger partial charge >= 0.3 is 5.97 Å². The summed E-state index contributed by atoms with van der Waals surface area (Å²) in [6, 6.07) is 12.9. The number of ether oxygens (including phenoxy) is 2. The number of hydrogen-bond acceptors (Lipinski definition) is 7. The SMILES string of the molecule is CCOC(=O)[C@H]1C(=O)NC(N2CCN(c3ccc(F)cc3)CC2)=N[C@@H]1c1ccccc1OC. The molecule has 1 fully saturated rings. The second-order valence-corrected chi connectivity index (χ2v) is 7.81. The van der Waals surface area contributed by atoms with Crippen LogP contribution in [0, 0.1) is 11.7 Å². The highest BCUT2D eigenvalue weighted by molar-refractivity contribution is 6.08. The lowest BCUT2D eigenvalue weighted by Gasteiger charge is -2.39. The zero-order valence-electron chi connectivity index (χ0n) is 18.7. The standard InChI is InChI=1S/C24H27FN4O4/c1-3-33-23(31)20-21(18-6-4-5-7-19(18)32-2)26-24(27-22(20)30)29-14-12-28(13-15-29)17-10-8-16(25)9-11-17/h4-11,20-21H,3,12-15H2,1-2H3,(H,26,27,30)/t20-,21-/m1/s1. The molecule has 2 aliphatic rings. The quantitative estimate of drug-likeness (QED) is 0.552. The molecule has 8 nitrogen and oxygen atoms in total. The Balaban J connectivity index is 1.59. The molecule has 0 unspecified atom stereocenters. The second-order valence-electron chi connectivity index (χ2n) is 7.81. The highest BCUT2D eigenvalue weighted by Gasteiger charge is 2.43. The largest absolute Gasteiger partial charge is 0.496 e. The van der Waals surface area contributed by atoms with E-state index in [0.29, 0.717) is 43.5 Å². The van der Waals surface area contributed by atoms with Crippen molar-refractivity contribution in [3.63, 3.8) is 0 Å². The Morgan fingerprint density at radius 1 is 1.09 bits per heavy atom. The summed E-state index contributed by atoms with van der Waals surface area (Å²) in [6.45, 7) is 4.45. The van der Waals surface area contributed by atoms with Crippen molar-refractivity contribution in [3.8, 4) is 5.75 Å². The number of nitrogens with zero attached hydrogens (tertiary/aromatic N) is 3. The highest BCUT2D eigenvalue weighted by Crippen LogP contribution is 2.36. The number of anilines is 1. The van der Waals surface area contributed by atoms with Crippen molar-refractivity contribution in [2.45, 2.75) is 13.0 Å². The van der Waals surface area contributed by atoms with E-state index in [9.17, 15) is 14.0 Å². The molecule has 33 heavy (non-hydrogen) atoms. The summed E-state index contributed by atoms with van der Waals surface area (Å²) in [7, 11) is 1.54. The van der Waals surface area contributed by atoms with E-state index in [0.717, 1.165) is 5.69 Å². The van der Waals surface area contributed by atoms with Crippen LogP contribution in [0.15, 0.2) is 53.5 Å². The molecule has 0 bridgehead atoms. The van der Waals surface area contributed by atoms with E-state index < -0.39 is 23.8 Å². The van der Waals surface area contributed by atoms with Crippen LogP contribution in [0.3, 0.4) is 0 Å². The topological polar surface area (TPSA) is 83.5 Å².